The van der Waals surface area contributed by atoms with E-state index in [9.17, 15) is 4.39 Å². The van der Waals surface area contributed by atoms with Gasteiger partial charge in [-0.2, -0.15) is 0 Å². The lowest BCUT2D eigenvalue weighted by atomic mass is 9.87. The summed E-state index contributed by atoms with van der Waals surface area (Å²) >= 11 is 0. The third-order valence-corrected chi connectivity index (χ3v) is 7.02. The topological polar surface area (TPSA) is 18.5 Å². The zero-order valence-corrected chi connectivity index (χ0v) is 16.9. The normalized spacial score (nSPS) is 24.9. The lowest BCUT2D eigenvalue weighted by Crippen LogP contribution is -2.51. The number of anilines is 2. The minimum atomic E-state index is -0.115. The number of nitrogens with one attached hydrogen (secondary N) is 1. The number of piperidine rings is 1. The molecule has 0 aliphatic carbocycles. The number of likely N-dealkylation sites (tertiary alicyclic amines) is 1. The van der Waals surface area contributed by atoms with Crippen LogP contribution in [0, 0.1) is 12.7 Å². The second-order valence-corrected chi connectivity index (χ2v) is 8.85. The molecule has 0 saturated carbocycles. The number of hydrogen-bond acceptors (Lipinski definition) is 3. The second kappa shape index (κ2) is 7.07. The summed E-state index contributed by atoms with van der Waals surface area (Å²) in [6.07, 6.45) is 4.78. The van der Waals surface area contributed by atoms with Gasteiger partial charge in [-0.25, -0.2) is 4.39 Å². The van der Waals surface area contributed by atoms with E-state index in [-0.39, 0.29) is 12.0 Å². The maximum Gasteiger partial charge on any atom is 0.125 e. The van der Waals surface area contributed by atoms with Crippen LogP contribution in [-0.4, -0.2) is 36.7 Å². The second-order valence-electron chi connectivity index (χ2n) is 8.85. The van der Waals surface area contributed by atoms with Crippen molar-refractivity contribution in [2.45, 2.75) is 57.7 Å². The van der Waals surface area contributed by atoms with Gasteiger partial charge in [-0.05, 0) is 87.4 Å². The van der Waals surface area contributed by atoms with E-state index in [2.05, 4.69) is 53.2 Å². The number of nitrogens with zero attached hydrogens (tertiary/aromatic N) is 2. The predicted octanol–water partition coefficient (Wildman–Crippen LogP) is 4.91. The van der Waals surface area contributed by atoms with Crippen LogP contribution in [-0.2, 0) is 6.42 Å². The van der Waals surface area contributed by atoms with Gasteiger partial charge in [0.2, 0.25) is 0 Å². The zero-order valence-electron chi connectivity index (χ0n) is 16.9. The van der Waals surface area contributed by atoms with Gasteiger partial charge in [0.1, 0.15) is 12.0 Å². The van der Waals surface area contributed by atoms with Crippen LogP contribution < -0.4 is 10.2 Å². The number of aryl methyl sites for hydroxylation is 2. The summed E-state index contributed by atoms with van der Waals surface area (Å²) < 4.78 is 14.0. The number of halogens is 1. The van der Waals surface area contributed by atoms with Gasteiger partial charge in [-0.15, -0.1) is 0 Å². The van der Waals surface area contributed by atoms with Crippen LogP contribution in [0.3, 0.4) is 0 Å². The SMILES string of the molecule is Cc1ccccc1C1CCN(CC2Nc3cc(F)cc4c3N2C(C)CC4)CC1. The molecule has 3 aliphatic rings. The molecule has 2 aromatic rings. The van der Waals surface area contributed by atoms with Crippen molar-refractivity contribution in [1.82, 2.24) is 4.90 Å². The number of benzene rings is 2. The van der Waals surface area contributed by atoms with Gasteiger partial charge in [0.05, 0.1) is 11.4 Å². The molecule has 2 unspecified atom stereocenters. The third-order valence-electron chi connectivity index (χ3n) is 7.02. The van der Waals surface area contributed by atoms with Gasteiger partial charge < -0.3 is 10.2 Å². The van der Waals surface area contributed by atoms with E-state index in [0.29, 0.717) is 12.0 Å². The summed E-state index contributed by atoms with van der Waals surface area (Å²) in [5, 5.41) is 3.63. The minimum absolute atomic E-state index is 0.115. The molecule has 28 heavy (non-hydrogen) atoms. The molecule has 3 nitrogen and oxygen atoms in total. The Bertz CT molecular complexity index is 872. The van der Waals surface area contributed by atoms with Crippen molar-refractivity contribution in [3.05, 3.63) is 58.9 Å². The van der Waals surface area contributed by atoms with E-state index < -0.39 is 0 Å². The quantitative estimate of drug-likeness (QED) is 0.818. The monoisotopic (exact) mass is 379 g/mol. The van der Waals surface area contributed by atoms with Gasteiger partial charge in [-0.1, -0.05) is 24.3 Å². The molecule has 3 aliphatic heterocycles. The number of rotatable bonds is 3. The molecule has 2 aromatic carbocycles. The molecule has 0 amide bonds. The summed E-state index contributed by atoms with van der Waals surface area (Å²) in [4.78, 5) is 5.11. The first-order valence-corrected chi connectivity index (χ1v) is 10.8. The van der Waals surface area contributed by atoms with E-state index in [1.807, 2.05) is 0 Å². The Morgan fingerprint density at radius 2 is 1.89 bits per heavy atom. The largest absolute Gasteiger partial charge is 0.362 e. The van der Waals surface area contributed by atoms with Crippen LogP contribution >= 0.6 is 0 Å². The highest BCUT2D eigenvalue weighted by atomic mass is 19.1. The maximum absolute atomic E-state index is 14.0. The van der Waals surface area contributed by atoms with Crippen molar-refractivity contribution in [2.24, 2.45) is 0 Å². The van der Waals surface area contributed by atoms with Crippen LogP contribution in [0.5, 0.6) is 0 Å². The Morgan fingerprint density at radius 3 is 2.68 bits per heavy atom. The van der Waals surface area contributed by atoms with Crippen LogP contribution in [0.4, 0.5) is 15.8 Å². The van der Waals surface area contributed by atoms with Gasteiger partial charge in [0, 0.05) is 12.6 Å². The highest BCUT2D eigenvalue weighted by Gasteiger charge is 2.38. The molecule has 1 N–H and O–H groups in total. The average molecular weight is 380 g/mol. The predicted molar refractivity (Wildman–Crippen MR) is 114 cm³/mol. The Morgan fingerprint density at radius 1 is 1.11 bits per heavy atom. The Kier molecular flexibility index (Phi) is 4.54. The highest BCUT2D eigenvalue weighted by Crippen LogP contribution is 2.44. The first-order valence-electron chi connectivity index (χ1n) is 10.8. The maximum atomic E-state index is 14.0. The molecule has 1 fully saturated rings. The van der Waals surface area contributed by atoms with Crippen molar-refractivity contribution in [1.29, 1.82) is 0 Å². The van der Waals surface area contributed by atoms with Crippen molar-refractivity contribution >= 4 is 11.4 Å². The fourth-order valence-electron chi connectivity index (χ4n) is 5.55. The summed E-state index contributed by atoms with van der Waals surface area (Å²) in [6, 6.07) is 12.7. The van der Waals surface area contributed by atoms with E-state index in [0.717, 1.165) is 38.2 Å². The number of hydrogen-bond donors (Lipinski definition) is 1. The van der Waals surface area contributed by atoms with Crippen molar-refractivity contribution < 1.29 is 4.39 Å². The summed E-state index contributed by atoms with van der Waals surface area (Å²) in [5.74, 6) is 0.566. The molecule has 0 aromatic heterocycles. The van der Waals surface area contributed by atoms with Gasteiger partial charge in [0.15, 0.2) is 0 Å². The van der Waals surface area contributed by atoms with Crippen molar-refractivity contribution in [2.75, 3.05) is 29.9 Å². The van der Waals surface area contributed by atoms with Crippen LogP contribution in [0.2, 0.25) is 0 Å². The molecule has 0 bridgehead atoms. The fraction of sp³-hybridized carbons (Fsp3) is 0.500. The van der Waals surface area contributed by atoms with Gasteiger partial charge in [0.25, 0.3) is 0 Å². The fourth-order valence-corrected chi connectivity index (χ4v) is 5.55. The van der Waals surface area contributed by atoms with Gasteiger partial charge >= 0.3 is 0 Å². The molecule has 1 saturated heterocycles. The summed E-state index contributed by atoms with van der Waals surface area (Å²) in [6.45, 7) is 7.81. The molecule has 0 radical (unpaired) electrons. The van der Waals surface area contributed by atoms with Crippen molar-refractivity contribution in [3.63, 3.8) is 0 Å². The average Bonchev–Trinajstić information content (AvgIpc) is 3.05. The van der Waals surface area contributed by atoms with E-state index in [1.54, 1.807) is 12.1 Å². The molecule has 2 atom stereocenters. The highest BCUT2D eigenvalue weighted by molar-refractivity contribution is 5.80. The lowest BCUT2D eigenvalue weighted by molar-refractivity contribution is 0.201. The Hall–Kier alpha value is -2.07. The zero-order chi connectivity index (χ0) is 19.3. The van der Waals surface area contributed by atoms with Crippen LogP contribution in [0.25, 0.3) is 0 Å². The van der Waals surface area contributed by atoms with E-state index in [1.165, 1.54) is 35.2 Å². The first kappa shape index (κ1) is 18.0. The van der Waals surface area contributed by atoms with Crippen molar-refractivity contribution in [3.8, 4) is 0 Å². The van der Waals surface area contributed by atoms with Gasteiger partial charge in [-0.3, -0.25) is 4.90 Å². The lowest BCUT2D eigenvalue weighted by Gasteiger charge is -2.40. The molecule has 148 valence electrons. The molecular weight excluding hydrogens is 349 g/mol. The molecule has 5 rings (SSSR count). The summed E-state index contributed by atoms with van der Waals surface area (Å²) in [5.41, 5.74) is 6.35. The third kappa shape index (κ3) is 3.08. The smallest absolute Gasteiger partial charge is 0.125 e. The molecule has 0 spiro atoms. The van der Waals surface area contributed by atoms with Crippen LogP contribution in [0.15, 0.2) is 36.4 Å². The Labute approximate surface area is 167 Å². The van der Waals surface area contributed by atoms with E-state index >= 15 is 0 Å². The standard InChI is InChI=1S/C24H30FN3/c1-16-5-3-4-6-21(16)18-9-11-27(12-10-18)15-23-26-22-14-20(25)13-19-8-7-17(2)28(23)24(19)22/h3-6,13-14,17-18,23,26H,7-12,15H2,1-2H3. The Balaban J connectivity index is 1.28. The molecule has 4 heteroatoms. The summed E-state index contributed by atoms with van der Waals surface area (Å²) in [7, 11) is 0. The minimum Gasteiger partial charge on any atom is -0.362 e. The first-order chi connectivity index (χ1) is 13.6. The van der Waals surface area contributed by atoms with E-state index in [4.69, 9.17) is 0 Å². The van der Waals surface area contributed by atoms with Crippen LogP contribution in [0.1, 0.15) is 48.8 Å². The molecular formula is C24H30FN3. The molecule has 3 heterocycles.